The van der Waals surface area contributed by atoms with Crippen LogP contribution >= 0.6 is 0 Å². The van der Waals surface area contributed by atoms with Crippen LogP contribution in [0.5, 0.6) is 0 Å². The monoisotopic (exact) mass is 377 g/mol. The highest BCUT2D eigenvalue weighted by molar-refractivity contribution is 5.26. The third-order valence-electron chi connectivity index (χ3n) is 6.15. The highest BCUT2D eigenvalue weighted by Crippen LogP contribution is 2.41. The van der Waals surface area contributed by atoms with E-state index in [4.69, 9.17) is 4.98 Å². The lowest BCUT2D eigenvalue weighted by atomic mass is 9.83. The Morgan fingerprint density at radius 2 is 2.07 bits per heavy atom. The van der Waals surface area contributed by atoms with E-state index in [0.717, 1.165) is 38.4 Å². The van der Waals surface area contributed by atoms with Crippen LogP contribution in [0, 0.1) is 5.92 Å². The minimum atomic E-state index is 0.240. The Labute approximate surface area is 165 Å². The van der Waals surface area contributed by atoms with E-state index in [1.54, 1.807) is 0 Å². The van der Waals surface area contributed by atoms with Gasteiger partial charge in [0.05, 0.1) is 30.6 Å². The van der Waals surface area contributed by atoms with Crippen molar-refractivity contribution in [2.75, 3.05) is 13.1 Å². The van der Waals surface area contributed by atoms with Crippen LogP contribution in [0.25, 0.3) is 0 Å². The van der Waals surface area contributed by atoms with Crippen molar-refractivity contribution in [2.24, 2.45) is 5.92 Å². The number of imidazole rings is 2. The molecule has 2 aliphatic rings. The first-order valence-corrected chi connectivity index (χ1v) is 10.1. The first kappa shape index (κ1) is 17.6. The molecule has 0 amide bonds. The van der Waals surface area contributed by atoms with Gasteiger partial charge in [0.15, 0.2) is 0 Å². The number of hydrogen-bond donors (Lipinski definition) is 3. The fourth-order valence-electron chi connectivity index (χ4n) is 4.76. The van der Waals surface area contributed by atoms with Crippen molar-refractivity contribution >= 4 is 0 Å². The predicted octanol–water partition coefficient (Wildman–Crippen LogP) is 2.19. The molecule has 5 rings (SSSR count). The number of hydrazine groups is 1. The SMILES string of the molecule is CCn1ccnc1CN1CCc2[nH]cnc2C1C1CNNC1c1ccccc1. The molecule has 4 heterocycles. The number of aromatic nitrogens is 4. The first-order chi connectivity index (χ1) is 13.8. The molecule has 0 bridgehead atoms. The zero-order valence-electron chi connectivity index (χ0n) is 16.2. The van der Waals surface area contributed by atoms with Gasteiger partial charge in [-0.2, -0.15) is 0 Å². The van der Waals surface area contributed by atoms with Crippen LogP contribution in [0.3, 0.4) is 0 Å². The minimum Gasteiger partial charge on any atom is -0.348 e. The maximum Gasteiger partial charge on any atom is 0.122 e. The summed E-state index contributed by atoms with van der Waals surface area (Å²) in [5, 5.41) is 0. The number of fused-ring (bicyclic) bond motifs is 1. The normalized spacial score (nSPS) is 25.1. The van der Waals surface area contributed by atoms with Crippen LogP contribution in [-0.2, 0) is 19.5 Å². The number of aromatic amines is 1. The average Bonchev–Trinajstić information content (AvgIpc) is 3.49. The van der Waals surface area contributed by atoms with Gasteiger partial charge < -0.3 is 9.55 Å². The molecule has 7 heteroatoms. The van der Waals surface area contributed by atoms with Crippen molar-refractivity contribution < 1.29 is 0 Å². The largest absolute Gasteiger partial charge is 0.348 e. The highest BCUT2D eigenvalue weighted by atomic mass is 15.4. The second kappa shape index (κ2) is 7.50. The summed E-state index contributed by atoms with van der Waals surface area (Å²) in [5.74, 6) is 1.51. The van der Waals surface area contributed by atoms with Crippen LogP contribution < -0.4 is 10.9 Å². The van der Waals surface area contributed by atoms with Gasteiger partial charge in [-0.15, -0.1) is 0 Å². The fourth-order valence-corrected chi connectivity index (χ4v) is 4.76. The smallest absolute Gasteiger partial charge is 0.122 e. The Morgan fingerprint density at radius 3 is 2.93 bits per heavy atom. The molecule has 0 aliphatic carbocycles. The number of H-pyrrole nitrogens is 1. The fraction of sp³-hybridized carbons (Fsp3) is 0.429. The molecule has 0 saturated carbocycles. The van der Waals surface area contributed by atoms with E-state index in [1.807, 2.05) is 12.5 Å². The molecule has 1 saturated heterocycles. The third-order valence-corrected chi connectivity index (χ3v) is 6.15. The van der Waals surface area contributed by atoms with E-state index in [-0.39, 0.29) is 12.1 Å². The standard InChI is InChI=1S/C21H27N7/c1-2-27-11-9-22-18(27)13-28-10-8-17-20(24-14-23-17)21(28)16-12-25-26-19(16)15-6-4-3-5-7-15/h3-7,9,11,14,16,19,21,25-26H,2,8,10,12-13H2,1H3,(H,23,24). The second-order valence-electron chi connectivity index (χ2n) is 7.64. The quantitative estimate of drug-likeness (QED) is 0.636. The summed E-state index contributed by atoms with van der Waals surface area (Å²) >= 11 is 0. The molecule has 0 spiro atoms. The maximum atomic E-state index is 4.75. The van der Waals surface area contributed by atoms with Crippen molar-refractivity contribution in [1.82, 2.24) is 35.3 Å². The number of nitrogens with one attached hydrogen (secondary N) is 3. The van der Waals surface area contributed by atoms with Crippen LogP contribution in [0.2, 0.25) is 0 Å². The minimum absolute atomic E-state index is 0.240. The molecule has 3 N–H and O–H groups in total. The Hall–Kier alpha value is -2.48. The molecular weight excluding hydrogens is 350 g/mol. The molecule has 0 radical (unpaired) electrons. The molecular formula is C21H27N7. The van der Waals surface area contributed by atoms with Gasteiger partial charge in [0.25, 0.3) is 0 Å². The van der Waals surface area contributed by atoms with Gasteiger partial charge in [0.1, 0.15) is 5.82 Å². The lowest BCUT2D eigenvalue weighted by Crippen LogP contribution is -2.41. The average molecular weight is 377 g/mol. The number of rotatable bonds is 5. The van der Waals surface area contributed by atoms with E-state index in [9.17, 15) is 0 Å². The zero-order chi connectivity index (χ0) is 18.9. The van der Waals surface area contributed by atoms with E-state index >= 15 is 0 Å². The third kappa shape index (κ3) is 3.05. The van der Waals surface area contributed by atoms with Crippen LogP contribution in [0.15, 0.2) is 49.1 Å². The highest BCUT2D eigenvalue weighted by Gasteiger charge is 2.42. The zero-order valence-corrected chi connectivity index (χ0v) is 16.2. The molecule has 28 heavy (non-hydrogen) atoms. The van der Waals surface area contributed by atoms with Crippen molar-refractivity contribution in [2.45, 2.75) is 38.5 Å². The number of hydrogen-bond acceptors (Lipinski definition) is 5. The second-order valence-corrected chi connectivity index (χ2v) is 7.64. The van der Waals surface area contributed by atoms with Gasteiger partial charge in [-0.3, -0.25) is 10.3 Å². The summed E-state index contributed by atoms with van der Waals surface area (Å²) in [6.07, 6.45) is 6.83. The lowest BCUT2D eigenvalue weighted by molar-refractivity contribution is 0.110. The van der Waals surface area contributed by atoms with Gasteiger partial charge in [0.2, 0.25) is 0 Å². The van der Waals surface area contributed by atoms with Gasteiger partial charge >= 0.3 is 0 Å². The summed E-state index contributed by atoms with van der Waals surface area (Å²) in [7, 11) is 0. The summed E-state index contributed by atoms with van der Waals surface area (Å²) < 4.78 is 2.23. The summed E-state index contributed by atoms with van der Waals surface area (Å²) in [5.41, 5.74) is 10.7. The Morgan fingerprint density at radius 1 is 1.18 bits per heavy atom. The maximum absolute atomic E-state index is 4.75. The van der Waals surface area contributed by atoms with Crippen molar-refractivity contribution in [1.29, 1.82) is 0 Å². The summed E-state index contributed by atoms with van der Waals surface area (Å²) in [4.78, 5) is 15.3. The molecule has 2 aromatic heterocycles. The predicted molar refractivity (Wildman–Crippen MR) is 107 cm³/mol. The number of aryl methyl sites for hydroxylation is 1. The Bertz CT molecular complexity index is 916. The topological polar surface area (TPSA) is 73.8 Å². The first-order valence-electron chi connectivity index (χ1n) is 10.1. The van der Waals surface area contributed by atoms with Gasteiger partial charge in [-0.1, -0.05) is 30.3 Å². The Balaban J connectivity index is 1.50. The van der Waals surface area contributed by atoms with Crippen LogP contribution in [0.4, 0.5) is 0 Å². The van der Waals surface area contributed by atoms with Crippen molar-refractivity contribution in [3.05, 3.63) is 71.8 Å². The van der Waals surface area contributed by atoms with Gasteiger partial charge in [-0.25, -0.2) is 15.4 Å². The van der Waals surface area contributed by atoms with E-state index in [1.165, 1.54) is 17.0 Å². The lowest BCUT2D eigenvalue weighted by Gasteiger charge is -2.39. The van der Waals surface area contributed by atoms with Gasteiger partial charge in [0, 0.05) is 50.1 Å². The van der Waals surface area contributed by atoms with E-state index in [0.29, 0.717) is 5.92 Å². The molecule has 2 aliphatic heterocycles. The van der Waals surface area contributed by atoms with Crippen LogP contribution in [-0.4, -0.2) is 37.5 Å². The van der Waals surface area contributed by atoms with E-state index in [2.05, 4.69) is 73.7 Å². The molecule has 1 aromatic carbocycles. The summed E-state index contributed by atoms with van der Waals surface area (Å²) in [6.45, 7) is 5.88. The van der Waals surface area contributed by atoms with Crippen molar-refractivity contribution in [3.63, 3.8) is 0 Å². The molecule has 3 aromatic rings. The molecule has 3 unspecified atom stereocenters. The molecule has 7 nitrogen and oxygen atoms in total. The van der Waals surface area contributed by atoms with E-state index < -0.39 is 0 Å². The van der Waals surface area contributed by atoms with Crippen LogP contribution in [0.1, 0.15) is 41.8 Å². The summed E-state index contributed by atoms with van der Waals surface area (Å²) in [6, 6.07) is 11.2. The molecule has 3 atom stereocenters. The number of nitrogens with zero attached hydrogens (tertiary/aromatic N) is 4. The van der Waals surface area contributed by atoms with Crippen molar-refractivity contribution in [3.8, 4) is 0 Å². The Kier molecular flexibility index (Phi) is 4.72. The molecule has 146 valence electrons. The van der Waals surface area contributed by atoms with Gasteiger partial charge in [-0.05, 0) is 12.5 Å². The molecule has 1 fully saturated rings. The number of benzene rings is 1.